The van der Waals surface area contributed by atoms with Crippen LogP contribution >= 0.6 is 0 Å². The lowest BCUT2D eigenvalue weighted by Crippen LogP contribution is -2.17. The largest absolute Gasteiger partial charge is 0.313 e. The number of hydrogen-bond acceptors (Lipinski definition) is 1. The summed E-state index contributed by atoms with van der Waals surface area (Å²) >= 11 is 0. The molecule has 1 nitrogen and oxygen atoms in total. The highest BCUT2D eigenvalue weighted by molar-refractivity contribution is 4.94. The fraction of sp³-hybridized carbons (Fsp3) is 0.818. The predicted octanol–water partition coefficient (Wildman–Crippen LogP) is 3.12. The summed E-state index contributed by atoms with van der Waals surface area (Å²) in [6, 6.07) is 0. The van der Waals surface area contributed by atoms with Crippen molar-refractivity contribution < 1.29 is 0 Å². The lowest BCUT2D eigenvalue weighted by atomic mass is 10.2. The lowest BCUT2D eigenvalue weighted by Gasteiger charge is -2.04. The van der Waals surface area contributed by atoms with Crippen LogP contribution < -0.4 is 5.32 Å². The maximum atomic E-state index is 3.94. The Morgan fingerprint density at radius 3 is 2.50 bits per heavy atom. The van der Waals surface area contributed by atoms with E-state index in [0.29, 0.717) is 0 Å². The second-order valence-electron chi connectivity index (χ2n) is 3.34. The van der Waals surface area contributed by atoms with Crippen molar-refractivity contribution in [2.75, 3.05) is 13.1 Å². The molecular formula is C11H23N. The van der Waals surface area contributed by atoms with Gasteiger partial charge in [-0.1, -0.05) is 45.3 Å². The molecule has 0 radical (unpaired) electrons. The average molecular weight is 169 g/mol. The molecule has 0 saturated heterocycles. The van der Waals surface area contributed by atoms with Crippen molar-refractivity contribution in [3.63, 3.8) is 0 Å². The third-order valence-electron chi connectivity index (χ3n) is 2.08. The molecule has 0 atom stereocenters. The van der Waals surface area contributed by atoms with Gasteiger partial charge in [0.25, 0.3) is 0 Å². The fourth-order valence-electron chi connectivity index (χ4n) is 1.07. The molecule has 72 valence electrons. The van der Waals surface area contributed by atoms with E-state index in [2.05, 4.69) is 25.7 Å². The zero-order valence-corrected chi connectivity index (χ0v) is 8.66. The third kappa shape index (κ3) is 7.80. The predicted molar refractivity (Wildman–Crippen MR) is 56.4 cm³/mol. The van der Waals surface area contributed by atoms with Crippen LogP contribution in [0.2, 0.25) is 0 Å². The van der Waals surface area contributed by atoms with Gasteiger partial charge in [0.15, 0.2) is 0 Å². The van der Waals surface area contributed by atoms with Gasteiger partial charge >= 0.3 is 0 Å². The van der Waals surface area contributed by atoms with Crippen molar-refractivity contribution in [3.05, 3.63) is 12.2 Å². The Kier molecular flexibility index (Phi) is 8.57. The summed E-state index contributed by atoms with van der Waals surface area (Å²) < 4.78 is 0. The summed E-state index contributed by atoms with van der Waals surface area (Å²) in [6.45, 7) is 10.5. The molecule has 0 unspecified atom stereocenters. The minimum Gasteiger partial charge on any atom is -0.313 e. The van der Waals surface area contributed by atoms with E-state index < -0.39 is 0 Å². The molecule has 0 rings (SSSR count). The van der Waals surface area contributed by atoms with Crippen LogP contribution in [0.25, 0.3) is 0 Å². The van der Waals surface area contributed by atoms with Gasteiger partial charge in [-0.2, -0.15) is 0 Å². The van der Waals surface area contributed by atoms with Crippen LogP contribution in [0, 0.1) is 0 Å². The minimum absolute atomic E-state index is 1.00. The molecule has 0 aliphatic heterocycles. The first-order valence-corrected chi connectivity index (χ1v) is 5.18. The molecule has 0 aliphatic rings. The maximum absolute atomic E-state index is 3.94. The van der Waals surface area contributed by atoms with Crippen LogP contribution in [-0.2, 0) is 0 Å². The topological polar surface area (TPSA) is 12.0 Å². The Balaban J connectivity index is 2.95. The van der Waals surface area contributed by atoms with Crippen molar-refractivity contribution in [1.29, 1.82) is 0 Å². The molecule has 0 saturated carbocycles. The molecule has 0 heterocycles. The second kappa shape index (κ2) is 8.79. The molecule has 1 heteroatoms. The van der Waals surface area contributed by atoms with E-state index in [4.69, 9.17) is 0 Å². The minimum atomic E-state index is 1.00. The van der Waals surface area contributed by atoms with Crippen molar-refractivity contribution in [2.45, 2.75) is 46.0 Å². The molecule has 0 spiro atoms. The molecule has 0 aromatic heterocycles. The number of nitrogens with one attached hydrogen (secondary N) is 1. The van der Waals surface area contributed by atoms with E-state index in [9.17, 15) is 0 Å². The van der Waals surface area contributed by atoms with E-state index in [1.165, 1.54) is 31.3 Å². The Morgan fingerprint density at radius 1 is 1.17 bits per heavy atom. The van der Waals surface area contributed by atoms with Crippen LogP contribution in [0.5, 0.6) is 0 Å². The zero-order chi connectivity index (χ0) is 9.23. The highest BCUT2D eigenvalue weighted by Gasteiger charge is 1.90. The Morgan fingerprint density at radius 2 is 1.92 bits per heavy atom. The highest BCUT2D eigenvalue weighted by Crippen LogP contribution is 1.98. The molecule has 0 bridgehead atoms. The summed E-state index contributed by atoms with van der Waals surface area (Å²) in [6.07, 6.45) is 6.47. The van der Waals surface area contributed by atoms with Gasteiger partial charge in [-0.25, -0.2) is 0 Å². The summed E-state index contributed by atoms with van der Waals surface area (Å²) in [5.74, 6) is 0. The molecule has 0 amide bonds. The maximum Gasteiger partial charge on any atom is 0.0161 e. The quantitative estimate of drug-likeness (QED) is 0.435. The van der Waals surface area contributed by atoms with E-state index in [1.54, 1.807) is 0 Å². The summed E-state index contributed by atoms with van der Waals surface area (Å²) in [7, 11) is 0. The Bertz CT molecular complexity index is 108. The number of rotatable bonds is 8. The first-order chi connectivity index (χ1) is 5.81. The van der Waals surface area contributed by atoms with Crippen LogP contribution in [0.4, 0.5) is 0 Å². The van der Waals surface area contributed by atoms with Gasteiger partial charge in [0, 0.05) is 6.54 Å². The fourth-order valence-corrected chi connectivity index (χ4v) is 1.07. The van der Waals surface area contributed by atoms with Crippen molar-refractivity contribution in [1.82, 2.24) is 5.32 Å². The molecule has 12 heavy (non-hydrogen) atoms. The number of hydrogen-bond donors (Lipinski definition) is 1. The van der Waals surface area contributed by atoms with Crippen LogP contribution in [-0.4, -0.2) is 13.1 Å². The first-order valence-electron chi connectivity index (χ1n) is 5.18. The molecule has 0 aromatic carbocycles. The van der Waals surface area contributed by atoms with Gasteiger partial charge in [-0.15, -0.1) is 0 Å². The Labute approximate surface area is 77.2 Å². The summed E-state index contributed by atoms with van der Waals surface area (Å²) in [5.41, 5.74) is 1.31. The SMILES string of the molecule is C=C(CC)CNCCCCCC. The van der Waals surface area contributed by atoms with Gasteiger partial charge < -0.3 is 5.32 Å². The van der Waals surface area contributed by atoms with Crippen molar-refractivity contribution in [2.24, 2.45) is 0 Å². The number of unbranched alkanes of at least 4 members (excludes halogenated alkanes) is 3. The second-order valence-corrected chi connectivity index (χ2v) is 3.34. The molecule has 1 N–H and O–H groups in total. The first kappa shape index (κ1) is 11.7. The summed E-state index contributed by atoms with van der Waals surface area (Å²) in [4.78, 5) is 0. The van der Waals surface area contributed by atoms with Crippen LogP contribution in [0.3, 0.4) is 0 Å². The van der Waals surface area contributed by atoms with E-state index in [1.807, 2.05) is 0 Å². The van der Waals surface area contributed by atoms with E-state index in [-0.39, 0.29) is 0 Å². The highest BCUT2D eigenvalue weighted by atomic mass is 14.8. The Hall–Kier alpha value is -0.300. The molecule has 0 aromatic rings. The van der Waals surface area contributed by atoms with Crippen molar-refractivity contribution >= 4 is 0 Å². The standard InChI is InChI=1S/C11H23N/c1-4-6-7-8-9-12-10-11(3)5-2/h12H,3-10H2,1-2H3. The normalized spacial score (nSPS) is 10.2. The molecule has 0 fully saturated rings. The molecular weight excluding hydrogens is 146 g/mol. The van der Waals surface area contributed by atoms with Gasteiger partial charge in [-0.05, 0) is 19.4 Å². The average Bonchev–Trinajstić information content (AvgIpc) is 2.10. The van der Waals surface area contributed by atoms with Gasteiger partial charge in [0.1, 0.15) is 0 Å². The lowest BCUT2D eigenvalue weighted by molar-refractivity contribution is 0.613. The smallest absolute Gasteiger partial charge is 0.0161 e. The van der Waals surface area contributed by atoms with E-state index in [0.717, 1.165) is 19.5 Å². The van der Waals surface area contributed by atoms with Gasteiger partial charge in [0.05, 0.1) is 0 Å². The summed E-state index contributed by atoms with van der Waals surface area (Å²) in [5, 5.41) is 3.40. The van der Waals surface area contributed by atoms with Crippen LogP contribution in [0.1, 0.15) is 46.0 Å². The van der Waals surface area contributed by atoms with Crippen molar-refractivity contribution in [3.8, 4) is 0 Å². The molecule has 0 aliphatic carbocycles. The van der Waals surface area contributed by atoms with Crippen LogP contribution in [0.15, 0.2) is 12.2 Å². The third-order valence-corrected chi connectivity index (χ3v) is 2.08. The van der Waals surface area contributed by atoms with Gasteiger partial charge in [0.2, 0.25) is 0 Å². The van der Waals surface area contributed by atoms with E-state index >= 15 is 0 Å². The zero-order valence-electron chi connectivity index (χ0n) is 8.66. The monoisotopic (exact) mass is 169 g/mol. The van der Waals surface area contributed by atoms with Gasteiger partial charge in [-0.3, -0.25) is 0 Å².